The molecular weight excluding hydrogens is 407 g/mol. The molecule has 1 unspecified atom stereocenters. The molecule has 3 aromatic carbocycles. The summed E-state index contributed by atoms with van der Waals surface area (Å²) in [4.78, 5) is 4.67. The van der Waals surface area contributed by atoms with E-state index in [0.717, 1.165) is 16.7 Å². The van der Waals surface area contributed by atoms with Crippen LogP contribution in [0.2, 0.25) is 0 Å². The number of oxazole rings is 1. The number of aromatic nitrogens is 1. The van der Waals surface area contributed by atoms with Crippen molar-refractivity contribution in [2.75, 3.05) is 11.9 Å². The smallest absolute Gasteiger partial charge is 0.284 e. The zero-order valence-electron chi connectivity index (χ0n) is 17.6. The first kappa shape index (κ1) is 21.1. The number of aryl methyl sites for hydroxylation is 1. The van der Waals surface area contributed by atoms with Gasteiger partial charge in [0.15, 0.2) is 5.44 Å². The van der Waals surface area contributed by atoms with Crippen molar-refractivity contribution in [1.29, 1.82) is 0 Å². The Kier molecular flexibility index (Phi) is 6.36. The van der Waals surface area contributed by atoms with Crippen LogP contribution in [0, 0.1) is 6.92 Å². The lowest BCUT2D eigenvalue weighted by Crippen LogP contribution is -2.22. The number of benzene rings is 3. The molecule has 5 nitrogen and oxygen atoms in total. The number of anilines is 1. The minimum atomic E-state index is -3.46. The van der Waals surface area contributed by atoms with E-state index < -0.39 is 7.37 Å². The van der Waals surface area contributed by atoms with Gasteiger partial charge in [-0.25, -0.2) is 4.98 Å². The lowest BCUT2D eigenvalue weighted by Gasteiger charge is -2.17. The maximum absolute atomic E-state index is 14.2. The van der Waals surface area contributed by atoms with E-state index in [1.54, 1.807) is 12.1 Å². The molecule has 1 heterocycles. The highest BCUT2D eigenvalue weighted by atomic mass is 31.2. The van der Waals surface area contributed by atoms with Crippen molar-refractivity contribution < 1.29 is 13.5 Å². The summed E-state index contributed by atoms with van der Waals surface area (Å²) >= 11 is 0. The molecule has 0 spiro atoms. The Morgan fingerprint density at radius 3 is 2.23 bits per heavy atom. The summed E-state index contributed by atoms with van der Waals surface area (Å²) < 4.78 is 26.1. The summed E-state index contributed by atoms with van der Waals surface area (Å²) in [6, 6.07) is 27.0. The molecular formula is C25H25N2O3P. The first-order valence-electron chi connectivity index (χ1n) is 10.3. The van der Waals surface area contributed by atoms with E-state index in [-0.39, 0.29) is 6.61 Å². The molecule has 6 heteroatoms. The fourth-order valence-corrected chi connectivity index (χ4v) is 5.35. The highest BCUT2D eigenvalue weighted by Gasteiger charge is 2.36. The number of hydrogen-bond donors (Lipinski definition) is 1. The maximum Gasteiger partial charge on any atom is 0.284 e. The van der Waals surface area contributed by atoms with Crippen LogP contribution in [0.5, 0.6) is 0 Å². The molecule has 1 N–H and O–H groups in total. The van der Waals surface area contributed by atoms with Crippen molar-refractivity contribution >= 4 is 24.0 Å². The number of rotatable bonds is 8. The van der Waals surface area contributed by atoms with Crippen molar-refractivity contribution in [2.45, 2.75) is 20.4 Å². The zero-order chi connectivity index (χ0) is 21.7. The maximum atomic E-state index is 14.2. The number of nitrogens with zero attached hydrogens (tertiary/aromatic N) is 1. The Balaban J connectivity index is 1.79. The molecule has 0 bridgehead atoms. The lowest BCUT2D eigenvalue weighted by molar-refractivity contribution is 0.347. The fraction of sp³-hybridized carbons (Fsp3) is 0.160. The molecule has 0 amide bonds. The van der Waals surface area contributed by atoms with Gasteiger partial charge in [-0.15, -0.1) is 0 Å². The second-order valence-corrected chi connectivity index (χ2v) is 9.48. The third-order valence-electron chi connectivity index (χ3n) is 4.89. The predicted molar refractivity (Wildman–Crippen MR) is 125 cm³/mol. The van der Waals surface area contributed by atoms with Crippen molar-refractivity contribution in [3.8, 4) is 11.5 Å². The first-order valence-corrected chi connectivity index (χ1v) is 11.9. The largest absolute Gasteiger partial charge is 0.420 e. The summed E-state index contributed by atoms with van der Waals surface area (Å²) in [5, 5.41) is 3.87. The summed E-state index contributed by atoms with van der Waals surface area (Å²) in [5.41, 5.74) is 3.33. The van der Waals surface area contributed by atoms with Gasteiger partial charge in [-0.05, 0) is 43.7 Å². The van der Waals surface area contributed by atoms with Gasteiger partial charge in [0.1, 0.15) is 0 Å². The minimum Gasteiger partial charge on any atom is -0.420 e. The number of hydrogen-bond acceptors (Lipinski definition) is 5. The Morgan fingerprint density at radius 1 is 0.935 bits per heavy atom. The van der Waals surface area contributed by atoms with Crippen LogP contribution in [0.4, 0.5) is 5.88 Å². The van der Waals surface area contributed by atoms with E-state index in [1.165, 1.54) is 0 Å². The van der Waals surface area contributed by atoms with Crippen LogP contribution in [0.1, 0.15) is 18.1 Å². The normalized spacial score (nSPS) is 13.0. The van der Waals surface area contributed by atoms with E-state index in [2.05, 4.69) is 10.3 Å². The van der Waals surface area contributed by atoms with Gasteiger partial charge in [-0.2, -0.15) is 0 Å². The highest BCUT2D eigenvalue weighted by Crippen LogP contribution is 2.47. The molecule has 4 rings (SSSR count). The van der Waals surface area contributed by atoms with Gasteiger partial charge in [0.2, 0.25) is 11.8 Å². The van der Waals surface area contributed by atoms with Crippen molar-refractivity contribution in [2.24, 2.45) is 0 Å². The van der Waals surface area contributed by atoms with Crippen molar-refractivity contribution in [3.05, 3.63) is 96.1 Å². The molecule has 4 aromatic rings. The Hall–Kier alpha value is -3.14. The van der Waals surface area contributed by atoms with Gasteiger partial charge < -0.3 is 14.3 Å². The van der Waals surface area contributed by atoms with Gasteiger partial charge in [-0.1, -0.05) is 66.2 Å². The Labute approximate surface area is 182 Å². The van der Waals surface area contributed by atoms with Crippen LogP contribution < -0.4 is 16.1 Å². The monoisotopic (exact) mass is 432 g/mol. The highest BCUT2D eigenvalue weighted by molar-refractivity contribution is 7.74. The van der Waals surface area contributed by atoms with Crippen LogP contribution in [0.15, 0.2) is 89.3 Å². The summed E-state index contributed by atoms with van der Waals surface area (Å²) in [7, 11) is -3.46. The fourth-order valence-electron chi connectivity index (χ4n) is 3.29. The molecule has 0 radical (unpaired) electrons. The Bertz CT molecular complexity index is 1170. The van der Waals surface area contributed by atoms with Crippen LogP contribution in [-0.4, -0.2) is 11.6 Å². The molecule has 0 aliphatic heterocycles. The van der Waals surface area contributed by atoms with E-state index in [0.29, 0.717) is 29.1 Å². The van der Waals surface area contributed by atoms with Gasteiger partial charge in [0.05, 0.1) is 6.61 Å². The third-order valence-corrected chi connectivity index (χ3v) is 7.35. The minimum absolute atomic E-state index is 0.289. The second-order valence-electron chi connectivity index (χ2n) is 7.18. The van der Waals surface area contributed by atoms with E-state index in [1.807, 2.05) is 86.6 Å². The molecule has 1 aromatic heterocycles. The first-order chi connectivity index (χ1) is 15.1. The van der Waals surface area contributed by atoms with Crippen molar-refractivity contribution in [1.82, 2.24) is 4.98 Å². The molecule has 0 fully saturated rings. The molecule has 0 saturated carbocycles. The lowest BCUT2D eigenvalue weighted by atomic mass is 10.1. The third kappa shape index (κ3) is 4.63. The molecule has 158 valence electrons. The van der Waals surface area contributed by atoms with Crippen LogP contribution in [0.3, 0.4) is 0 Å². The topological polar surface area (TPSA) is 64.4 Å². The van der Waals surface area contributed by atoms with Gasteiger partial charge in [-0.3, -0.25) is 4.57 Å². The molecule has 0 aliphatic carbocycles. The van der Waals surface area contributed by atoms with Gasteiger partial charge >= 0.3 is 0 Å². The van der Waals surface area contributed by atoms with E-state index >= 15 is 0 Å². The van der Waals surface area contributed by atoms with E-state index in [4.69, 9.17) is 8.94 Å². The standard InChI is InChI=1S/C25H25N2O3P/c1-3-29-31(28,22-12-8-5-9-13-22)25-24(26-18-20-10-6-4-7-11-20)30-23(27-25)21-16-14-19(2)15-17-21/h4-17,26H,3,18H2,1-2H3. The van der Waals surface area contributed by atoms with E-state index in [9.17, 15) is 4.57 Å². The summed E-state index contributed by atoms with van der Waals surface area (Å²) in [6.07, 6.45) is 0. The van der Waals surface area contributed by atoms with Gasteiger partial charge in [0.25, 0.3) is 7.37 Å². The van der Waals surface area contributed by atoms with Crippen LogP contribution in [-0.2, 0) is 15.6 Å². The molecule has 0 aliphatic rings. The SMILES string of the molecule is CCOP(=O)(c1ccccc1)c1nc(-c2ccc(C)cc2)oc1NCc1ccccc1. The molecule has 1 atom stereocenters. The van der Waals surface area contributed by atoms with Crippen LogP contribution >= 0.6 is 7.37 Å². The molecule has 31 heavy (non-hydrogen) atoms. The Morgan fingerprint density at radius 2 is 1.58 bits per heavy atom. The zero-order valence-corrected chi connectivity index (χ0v) is 18.5. The van der Waals surface area contributed by atoms with Crippen molar-refractivity contribution in [3.63, 3.8) is 0 Å². The summed E-state index contributed by atoms with van der Waals surface area (Å²) in [5.74, 6) is 0.765. The number of nitrogens with one attached hydrogen (secondary N) is 1. The summed E-state index contributed by atoms with van der Waals surface area (Å²) in [6.45, 7) is 4.65. The quantitative estimate of drug-likeness (QED) is 0.371. The predicted octanol–water partition coefficient (Wildman–Crippen LogP) is 5.53. The average molecular weight is 432 g/mol. The second kappa shape index (κ2) is 9.34. The van der Waals surface area contributed by atoms with Crippen LogP contribution in [0.25, 0.3) is 11.5 Å². The molecule has 0 saturated heterocycles. The van der Waals surface area contributed by atoms with Gasteiger partial charge in [0, 0.05) is 17.4 Å². The average Bonchev–Trinajstić information content (AvgIpc) is 3.24.